The van der Waals surface area contributed by atoms with Crippen molar-refractivity contribution in [2.24, 2.45) is 0 Å². The summed E-state index contributed by atoms with van der Waals surface area (Å²) in [5.41, 5.74) is 0. The van der Waals surface area contributed by atoms with Crippen LogP contribution in [0.25, 0.3) is 0 Å². The van der Waals surface area contributed by atoms with Crippen LogP contribution in [0.15, 0.2) is 0 Å². The van der Waals surface area contributed by atoms with E-state index in [1.807, 2.05) is 0 Å². The normalized spacial score (nSPS) is 14.3. The van der Waals surface area contributed by atoms with Crippen molar-refractivity contribution in [1.82, 2.24) is 9.62 Å². The molecule has 0 radical (unpaired) electrons. The van der Waals surface area contributed by atoms with Crippen molar-refractivity contribution in [2.45, 2.75) is 32.4 Å². The van der Waals surface area contributed by atoms with E-state index in [2.05, 4.69) is 23.5 Å². The van der Waals surface area contributed by atoms with Crippen LogP contribution in [0.1, 0.15) is 27.2 Å². The summed E-state index contributed by atoms with van der Waals surface area (Å²) in [4.78, 5) is 2.24. The molecule has 2 N–H and O–H groups in total. The molecule has 0 aromatic rings. The SMILES string of the molecule is CCN(CC)CCCNS(=O)(=O)C(C)CO. The Hall–Kier alpha value is -0.170. The van der Waals surface area contributed by atoms with Crippen LogP contribution in [0.3, 0.4) is 0 Å². The average Bonchev–Trinajstić information content (AvgIpc) is 2.28. The summed E-state index contributed by atoms with van der Waals surface area (Å²) in [5.74, 6) is 0. The molecule has 6 heteroatoms. The zero-order valence-electron chi connectivity index (χ0n) is 10.4. The maximum atomic E-state index is 11.5. The lowest BCUT2D eigenvalue weighted by atomic mass is 10.4. The van der Waals surface area contributed by atoms with Crippen molar-refractivity contribution in [3.8, 4) is 0 Å². The Kier molecular flexibility index (Phi) is 7.91. The van der Waals surface area contributed by atoms with Crippen LogP contribution >= 0.6 is 0 Å². The lowest BCUT2D eigenvalue weighted by Crippen LogP contribution is -2.36. The molecule has 0 aromatic heterocycles. The van der Waals surface area contributed by atoms with Crippen LogP contribution in [-0.2, 0) is 10.0 Å². The average molecular weight is 252 g/mol. The minimum absolute atomic E-state index is 0.342. The van der Waals surface area contributed by atoms with Crippen LogP contribution in [0.4, 0.5) is 0 Å². The van der Waals surface area contributed by atoms with Gasteiger partial charge in [-0.2, -0.15) is 0 Å². The van der Waals surface area contributed by atoms with Gasteiger partial charge in [0.15, 0.2) is 0 Å². The third-order valence-corrected chi connectivity index (χ3v) is 4.45. The molecule has 1 atom stereocenters. The Morgan fingerprint density at radius 1 is 1.31 bits per heavy atom. The zero-order chi connectivity index (χ0) is 12.6. The summed E-state index contributed by atoms with van der Waals surface area (Å²) in [5, 5.41) is 8.03. The smallest absolute Gasteiger partial charge is 0.216 e. The lowest BCUT2D eigenvalue weighted by molar-refractivity contribution is 0.293. The molecule has 0 bridgehead atoms. The number of aliphatic hydroxyl groups excluding tert-OH is 1. The molecule has 0 aromatic carbocycles. The van der Waals surface area contributed by atoms with Crippen molar-refractivity contribution in [2.75, 3.05) is 32.8 Å². The minimum Gasteiger partial charge on any atom is -0.395 e. The summed E-state index contributed by atoms with van der Waals surface area (Å²) in [7, 11) is -3.34. The molecule has 0 aliphatic heterocycles. The Labute approximate surface area is 98.9 Å². The molecular formula is C10H24N2O3S. The highest BCUT2D eigenvalue weighted by Crippen LogP contribution is 1.97. The number of aliphatic hydroxyl groups is 1. The Morgan fingerprint density at radius 2 is 1.88 bits per heavy atom. The van der Waals surface area contributed by atoms with Crippen LogP contribution in [-0.4, -0.2) is 56.5 Å². The quantitative estimate of drug-likeness (QED) is 0.568. The van der Waals surface area contributed by atoms with E-state index in [-0.39, 0.29) is 6.61 Å². The van der Waals surface area contributed by atoms with E-state index in [9.17, 15) is 8.42 Å². The standard InChI is InChI=1S/C10H24N2O3S/c1-4-12(5-2)8-6-7-11-16(14,15)10(3)9-13/h10-11,13H,4-9H2,1-3H3. The van der Waals surface area contributed by atoms with Gasteiger partial charge >= 0.3 is 0 Å². The second-order valence-corrected chi connectivity index (χ2v) is 6.00. The van der Waals surface area contributed by atoms with Crippen molar-refractivity contribution >= 4 is 10.0 Å². The first kappa shape index (κ1) is 15.8. The molecule has 0 saturated carbocycles. The molecule has 0 saturated heterocycles. The van der Waals surface area contributed by atoms with E-state index in [1.54, 1.807) is 0 Å². The number of sulfonamides is 1. The van der Waals surface area contributed by atoms with Gasteiger partial charge in [0.1, 0.15) is 0 Å². The van der Waals surface area contributed by atoms with Crippen molar-refractivity contribution in [1.29, 1.82) is 0 Å². The number of nitrogens with zero attached hydrogens (tertiary/aromatic N) is 1. The van der Waals surface area contributed by atoms with Gasteiger partial charge in [0.05, 0.1) is 11.9 Å². The summed E-state index contributed by atoms with van der Waals surface area (Å²) in [6.45, 7) is 8.61. The second kappa shape index (κ2) is 8.00. The molecule has 0 rings (SSSR count). The van der Waals surface area contributed by atoms with Crippen LogP contribution in [0, 0.1) is 0 Å². The molecule has 16 heavy (non-hydrogen) atoms. The van der Waals surface area contributed by atoms with E-state index in [4.69, 9.17) is 5.11 Å². The van der Waals surface area contributed by atoms with Gasteiger partial charge in [0.25, 0.3) is 0 Å². The number of rotatable bonds is 9. The second-order valence-electron chi connectivity index (χ2n) is 3.81. The van der Waals surface area contributed by atoms with Gasteiger partial charge in [-0.25, -0.2) is 13.1 Å². The van der Waals surface area contributed by atoms with Crippen molar-refractivity contribution in [3.05, 3.63) is 0 Å². The molecule has 0 aliphatic carbocycles. The fourth-order valence-corrected chi connectivity index (χ4v) is 2.21. The highest BCUT2D eigenvalue weighted by molar-refractivity contribution is 7.90. The lowest BCUT2D eigenvalue weighted by Gasteiger charge is -2.18. The van der Waals surface area contributed by atoms with E-state index < -0.39 is 15.3 Å². The molecule has 1 unspecified atom stereocenters. The topological polar surface area (TPSA) is 69.6 Å². The zero-order valence-corrected chi connectivity index (χ0v) is 11.3. The Bertz CT molecular complexity index is 263. The first-order valence-electron chi connectivity index (χ1n) is 5.79. The van der Waals surface area contributed by atoms with Gasteiger partial charge in [-0.1, -0.05) is 13.8 Å². The highest BCUT2D eigenvalue weighted by atomic mass is 32.2. The monoisotopic (exact) mass is 252 g/mol. The predicted molar refractivity (Wildman–Crippen MR) is 65.9 cm³/mol. The van der Waals surface area contributed by atoms with E-state index in [1.165, 1.54) is 6.92 Å². The highest BCUT2D eigenvalue weighted by Gasteiger charge is 2.18. The summed E-state index contributed by atoms with van der Waals surface area (Å²) in [6.07, 6.45) is 0.791. The first-order chi connectivity index (χ1) is 7.47. The molecule has 0 spiro atoms. The van der Waals surface area contributed by atoms with Crippen LogP contribution < -0.4 is 4.72 Å². The van der Waals surface area contributed by atoms with Gasteiger partial charge in [0.2, 0.25) is 10.0 Å². The molecule has 0 fully saturated rings. The maximum Gasteiger partial charge on any atom is 0.216 e. The minimum atomic E-state index is -3.34. The third-order valence-electron chi connectivity index (χ3n) is 2.64. The van der Waals surface area contributed by atoms with Crippen LogP contribution in [0.2, 0.25) is 0 Å². The van der Waals surface area contributed by atoms with Crippen molar-refractivity contribution < 1.29 is 13.5 Å². The first-order valence-corrected chi connectivity index (χ1v) is 7.34. The molecule has 0 amide bonds. The fourth-order valence-electron chi connectivity index (χ4n) is 1.30. The van der Waals surface area contributed by atoms with E-state index in [0.717, 1.165) is 26.1 Å². The summed E-state index contributed by atoms with van der Waals surface area (Å²) < 4.78 is 25.4. The van der Waals surface area contributed by atoms with Gasteiger partial charge < -0.3 is 10.0 Å². The molecule has 98 valence electrons. The predicted octanol–water partition coefficient (Wildman–Crippen LogP) is 0.0185. The van der Waals surface area contributed by atoms with Gasteiger partial charge in [0, 0.05) is 6.54 Å². The number of hydrogen-bond donors (Lipinski definition) is 2. The third kappa shape index (κ3) is 5.79. The fraction of sp³-hybridized carbons (Fsp3) is 1.00. The Balaban J connectivity index is 3.82. The van der Waals surface area contributed by atoms with Crippen molar-refractivity contribution in [3.63, 3.8) is 0 Å². The number of hydrogen-bond acceptors (Lipinski definition) is 4. The molecule has 0 heterocycles. The van der Waals surface area contributed by atoms with Gasteiger partial charge in [-0.15, -0.1) is 0 Å². The number of nitrogens with one attached hydrogen (secondary N) is 1. The van der Waals surface area contributed by atoms with E-state index >= 15 is 0 Å². The Morgan fingerprint density at radius 3 is 2.31 bits per heavy atom. The van der Waals surface area contributed by atoms with E-state index in [0.29, 0.717) is 6.54 Å². The largest absolute Gasteiger partial charge is 0.395 e. The summed E-state index contributed by atoms with van der Waals surface area (Å²) >= 11 is 0. The van der Waals surface area contributed by atoms with Gasteiger partial charge in [-0.3, -0.25) is 0 Å². The summed E-state index contributed by atoms with van der Waals surface area (Å²) in [6, 6.07) is 0. The molecule has 5 nitrogen and oxygen atoms in total. The molecular weight excluding hydrogens is 228 g/mol. The van der Waals surface area contributed by atoms with Crippen LogP contribution in [0.5, 0.6) is 0 Å². The van der Waals surface area contributed by atoms with Gasteiger partial charge in [-0.05, 0) is 33.0 Å². The molecule has 0 aliphatic rings. The maximum absolute atomic E-state index is 11.5.